The third-order valence-corrected chi connectivity index (χ3v) is 5.80. The van der Waals surface area contributed by atoms with Gasteiger partial charge in [0.15, 0.2) is 0 Å². The maximum absolute atomic E-state index is 12.5. The zero-order chi connectivity index (χ0) is 23.1. The molecule has 0 radical (unpaired) electrons. The van der Waals surface area contributed by atoms with E-state index in [0.717, 1.165) is 24.0 Å². The number of fused-ring (bicyclic) bond motifs is 1. The SMILES string of the molecule is CCN(CC)C(C)c1cc(CNNC(=O)c2ccc(C(=O)NO)cc2)c2ccccc2c1.Cl. The predicted octanol–water partition coefficient (Wildman–Crippen LogP) is 4.22. The van der Waals surface area contributed by atoms with Crippen molar-refractivity contribution in [2.24, 2.45) is 0 Å². The molecule has 4 N–H and O–H groups in total. The number of hydrogen-bond acceptors (Lipinski definition) is 5. The number of hydrazine groups is 1. The van der Waals surface area contributed by atoms with E-state index in [9.17, 15) is 9.59 Å². The fourth-order valence-corrected chi connectivity index (χ4v) is 3.91. The Morgan fingerprint density at radius 3 is 2.15 bits per heavy atom. The van der Waals surface area contributed by atoms with E-state index in [-0.39, 0.29) is 29.9 Å². The molecule has 2 amide bonds. The van der Waals surface area contributed by atoms with Gasteiger partial charge in [-0.05, 0) is 72.2 Å². The molecule has 0 bridgehead atoms. The Morgan fingerprint density at radius 1 is 0.939 bits per heavy atom. The zero-order valence-corrected chi connectivity index (χ0v) is 19.9. The number of nitrogens with zero attached hydrogens (tertiary/aromatic N) is 1. The van der Waals surface area contributed by atoms with Crippen LogP contribution in [0.25, 0.3) is 10.8 Å². The maximum atomic E-state index is 12.5. The van der Waals surface area contributed by atoms with Crippen molar-refractivity contribution in [2.45, 2.75) is 33.4 Å². The van der Waals surface area contributed by atoms with Crippen molar-refractivity contribution in [3.05, 3.63) is 82.9 Å². The highest BCUT2D eigenvalue weighted by Gasteiger charge is 2.15. The molecule has 0 aliphatic heterocycles. The number of benzene rings is 3. The van der Waals surface area contributed by atoms with Gasteiger partial charge in [0.2, 0.25) is 0 Å². The van der Waals surface area contributed by atoms with E-state index in [0.29, 0.717) is 12.1 Å². The summed E-state index contributed by atoms with van der Waals surface area (Å²) in [6.07, 6.45) is 0. The highest BCUT2D eigenvalue weighted by molar-refractivity contribution is 5.97. The van der Waals surface area contributed by atoms with Crippen LogP contribution in [0.15, 0.2) is 60.7 Å². The smallest absolute Gasteiger partial charge is 0.274 e. The number of carbonyl (C=O) groups excluding carboxylic acids is 2. The fraction of sp³-hybridized carbons (Fsp3) is 0.280. The van der Waals surface area contributed by atoms with Gasteiger partial charge in [-0.15, -0.1) is 12.4 Å². The standard InChI is InChI=1S/C25H30N4O3.ClH/c1-4-29(5-2)17(3)21-14-20-8-6-7-9-23(20)22(15-21)16-26-27-24(30)18-10-12-19(13-11-18)25(31)28-32;/h6-15,17,26,32H,4-5,16H2,1-3H3,(H,27,30)(H,28,31);1H. The second-order valence-corrected chi connectivity index (χ2v) is 7.62. The van der Waals surface area contributed by atoms with Crippen LogP contribution in [0.5, 0.6) is 0 Å². The average Bonchev–Trinajstić information content (AvgIpc) is 2.84. The first-order valence-corrected chi connectivity index (χ1v) is 10.8. The maximum Gasteiger partial charge on any atom is 0.274 e. The number of amides is 2. The van der Waals surface area contributed by atoms with E-state index in [1.807, 2.05) is 12.1 Å². The number of hydrogen-bond donors (Lipinski definition) is 4. The number of hydroxylamine groups is 1. The van der Waals surface area contributed by atoms with Gasteiger partial charge in [-0.25, -0.2) is 10.9 Å². The molecule has 1 unspecified atom stereocenters. The van der Waals surface area contributed by atoms with Crippen LogP contribution in [-0.4, -0.2) is 35.0 Å². The molecular formula is C25H31ClN4O3. The summed E-state index contributed by atoms with van der Waals surface area (Å²) in [5.41, 5.74) is 10.3. The van der Waals surface area contributed by atoms with E-state index in [1.165, 1.54) is 35.2 Å². The van der Waals surface area contributed by atoms with Crippen LogP contribution < -0.4 is 16.3 Å². The Kier molecular flexibility index (Phi) is 9.81. The molecule has 0 saturated carbocycles. The molecule has 7 nitrogen and oxygen atoms in total. The fourth-order valence-electron chi connectivity index (χ4n) is 3.91. The summed E-state index contributed by atoms with van der Waals surface area (Å²) in [4.78, 5) is 26.3. The number of carbonyl (C=O) groups is 2. The predicted molar refractivity (Wildman–Crippen MR) is 133 cm³/mol. The van der Waals surface area contributed by atoms with Crippen molar-refractivity contribution >= 4 is 35.0 Å². The minimum atomic E-state index is -0.624. The van der Waals surface area contributed by atoms with Crippen LogP contribution >= 0.6 is 12.4 Å². The number of halogens is 1. The van der Waals surface area contributed by atoms with Gasteiger partial charge in [0, 0.05) is 23.7 Å². The summed E-state index contributed by atoms with van der Waals surface area (Å²) < 4.78 is 0. The zero-order valence-electron chi connectivity index (χ0n) is 19.1. The van der Waals surface area contributed by atoms with Crippen LogP contribution in [0.3, 0.4) is 0 Å². The molecule has 8 heteroatoms. The molecule has 0 spiro atoms. The van der Waals surface area contributed by atoms with Gasteiger partial charge < -0.3 is 0 Å². The highest BCUT2D eigenvalue weighted by atomic mass is 35.5. The molecule has 0 heterocycles. The Morgan fingerprint density at radius 2 is 1.55 bits per heavy atom. The monoisotopic (exact) mass is 470 g/mol. The van der Waals surface area contributed by atoms with Crippen LogP contribution in [0.4, 0.5) is 0 Å². The molecule has 33 heavy (non-hydrogen) atoms. The summed E-state index contributed by atoms with van der Waals surface area (Å²) in [6, 6.07) is 19.0. The van der Waals surface area contributed by atoms with Crippen LogP contribution in [0, 0.1) is 0 Å². The number of nitrogens with one attached hydrogen (secondary N) is 3. The lowest BCUT2D eigenvalue weighted by Crippen LogP contribution is -2.37. The second kappa shape index (κ2) is 12.3. The van der Waals surface area contributed by atoms with Crippen molar-refractivity contribution in [1.29, 1.82) is 0 Å². The second-order valence-electron chi connectivity index (χ2n) is 7.62. The molecule has 0 aromatic heterocycles. The first-order chi connectivity index (χ1) is 15.5. The van der Waals surface area contributed by atoms with E-state index >= 15 is 0 Å². The van der Waals surface area contributed by atoms with Gasteiger partial charge >= 0.3 is 0 Å². The van der Waals surface area contributed by atoms with E-state index in [1.54, 1.807) is 5.48 Å². The van der Waals surface area contributed by atoms with Crippen molar-refractivity contribution in [3.63, 3.8) is 0 Å². The summed E-state index contributed by atoms with van der Waals surface area (Å²) in [5.74, 6) is -0.932. The first-order valence-electron chi connectivity index (χ1n) is 10.8. The molecule has 3 aromatic carbocycles. The molecule has 0 saturated heterocycles. The van der Waals surface area contributed by atoms with Gasteiger partial charge in [0.05, 0.1) is 0 Å². The highest BCUT2D eigenvalue weighted by Crippen LogP contribution is 2.27. The van der Waals surface area contributed by atoms with Crippen molar-refractivity contribution < 1.29 is 14.8 Å². The Balaban J connectivity index is 0.00000385. The topological polar surface area (TPSA) is 93.7 Å². The Hall–Kier alpha value is -2.97. The molecular weight excluding hydrogens is 440 g/mol. The average molecular weight is 471 g/mol. The molecule has 3 aromatic rings. The van der Waals surface area contributed by atoms with E-state index < -0.39 is 5.91 Å². The van der Waals surface area contributed by atoms with Crippen LogP contribution in [0.2, 0.25) is 0 Å². The Bertz CT molecular complexity index is 1080. The quantitative estimate of drug-likeness (QED) is 0.277. The summed E-state index contributed by atoms with van der Waals surface area (Å²) in [6.45, 7) is 8.98. The minimum Gasteiger partial charge on any atom is -0.297 e. The third-order valence-electron chi connectivity index (χ3n) is 5.80. The van der Waals surface area contributed by atoms with Crippen molar-refractivity contribution in [1.82, 2.24) is 21.2 Å². The van der Waals surface area contributed by atoms with E-state index in [2.05, 4.69) is 60.8 Å². The summed E-state index contributed by atoms with van der Waals surface area (Å²) in [7, 11) is 0. The lowest BCUT2D eigenvalue weighted by molar-refractivity contribution is 0.0706. The van der Waals surface area contributed by atoms with Crippen LogP contribution in [0.1, 0.15) is 58.7 Å². The Labute approximate surface area is 200 Å². The largest absolute Gasteiger partial charge is 0.297 e. The van der Waals surface area contributed by atoms with Gasteiger partial charge in [-0.3, -0.25) is 25.1 Å². The molecule has 3 rings (SSSR count). The van der Waals surface area contributed by atoms with Crippen molar-refractivity contribution in [2.75, 3.05) is 13.1 Å². The molecule has 0 aliphatic carbocycles. The lowest BCUT2D eigenvalue weighted by Gasteiger charge is -2.27. The molecule has 176 valence electrons. The third kappa shape index (κ3) is 6.30. The van der Waals surface area contributed by atoms with Gasteiger partial charge in [0.1, 0.15) is 0 Å². The van der Waals surface area contributed by atoms with Gasteiger partial charge in [-0.2, -0.15) is 0 Å². The molecule has 0 aliphatic rings. The van der Waals surface area contributed by atoms with Gasteiger partial charge in [0.25, 0.3) is 11.8 Å². The van der Waals surface area contributed by atoms with E-state index in [4.69, 9.17) is 5.21 Å². The minimum absolute atomic E-state index is 0. The molecule has 1 atom stereocenters. The summed E-state index contributed by atoms with van der Waals surface area (Å²) in [5, 5.41) is 11.0. The number of rotatable bonds is 9. The van der Waals surface area contributed by atoms with Crippen LogP contribution in [-0.2, 0) is 6.54 Å². The van der Waals surface area contributed by atoms with Gasteiger partial charge in [-0.1, -0.05) is 44.2 Å². The lowest BCUT2D eigenvalue weighted by atomic mass is 9.97. The van der Waals surface area contributed by atoms with Crippen molar-refractivity contribution in [3.8, 4) is 0 Å². The molecule has 0 fully saturated rings. The normalized spacial score (nSPS) is 11.7. The first kappa shape index (κ1) is 26.3. The summed E-state index contributed by atoms with van der Waals surface area (Å²) >= 11 is 0.